The van der Waals surface area contributed by atoms with Crippen LogP contribution in [-0.4, -0.2) is 16.5 Å². The first-order chi connectivity index (χ1) is 11.7. The third kappa shape index (κ3) is 3.30. The molecule has 24 heavy (non-hydrogen) atoms. The lowest BCUT2D eigenvalue weighted by Crippen LogP contribution is -2.19. The van der Waals surface area contributed by atoms with E-state index in [1.807, 2.05) is 66.4 Å². The molecular formula is C19H20N4O. The zero-order valence-electron chi connectivity index (χ0n) is 13.8. The fourth-order valence-corrected chi connectivity index (χ4v) is 2.45. The van der Waals surface area contributed by atoms with Crippen molar-refractivity contribution < 1.29 is 4.74 Å². The monoisotopic (exact) mass is 320 g/mol. The predicted octanol–water partition coefficient (Wildman–Crippen LogP) is 4.32. The van der Waals surface area contributed by atoms with Crippen LogP contribution in [0.1, 0.15) is 12.5 Å². The molecule has 0 fully saturated rings. The SMILES string of the molecule is CCN(c1ccccc1)c1ncnc(Oc2ccc(C)cc2)c1N. The van der Waals surface area contributed by atoms with E-state index in [1.54, 1.807) is 0 Å². The number of rotatable bonds is 5. The molecule has 3 rings (SSSR count). The van der Waals surface area contributed by atoms with Crippen molar-refractivity contribution in [2.24, 2.45) is 0 Å². The van der Waals surface area contributed by atoms with Crippen molar-refractivity contribution in [2.75, 3.05) is 17.2 Å². The zero-order valence-corrected chi connectivity index (χ0v) is 13.8. The second kappa shape index (κ2) is 7.00. The highest BCUT2D eigenvalue weighted by molar-refractivity contribution is 5.74. The molecule has 0 amide bonds. The molecule has 5 heteroatoms. The number of aromatic nitrogens is 2. The number of nitrogens with zero attached hydrogens (tertiary/aromatic N) is 3. The van der Waals surface area contributed by atoms with E-state index in [-0.39, 0.29) is 0 Å². The van der Waals surface area contributed by atoms with Crippen molar-refractivity contribution in [1.29, 1.82) is 0 Å². The Morgan fingerprint density at radius 1 is 1.00 bits per heavy atom. The molecule has 122 valence electrons. The first-order valence-electron chi connectivity index (χ1n) is 7.86. The van der Waals surface area contributed by atoms with Crippen LogP contribution in [0.5, 0.6) is 11.6 Å². The number of anilines is 3. The van der Waals surface area contributed by atoms with Gasteiger partial charge < -0.3 is 15.4 Å². The Hall–Kier alpha value is -3.08. The van der Waals surface area contributed by atoms with Gasteiger partial charge in [-0.2, -0.15) is 4.98 Å². The molecule has 5 nitrogen and oxygen atoms in total. The lowest BCUT2D eigenvalue weighted by atomic mass is 10.2. The van der Waals surface area contributed by atoms with Crippen molar-refractivity contribution in [2.45, 2.75) is 13.8 Å². The number of hydrogen-bond acceptors (Lipinski definition) is 5. The topological polar surface area (TPSA) is 64.3 Å². The zero-order chi connectivity index (χ0) is 16.9. The van der Waals surface area contributed by atoms with Crippen LogP contribution >= 0.6 is 0 Å². The number of nitrogen functional groups attached to an aromatic ring is 1. The van der Waals surface area contributed by atoms with E-state index < -0.39 is 0 Å². The molecule has 2 aromatic carbocycles. The minimum Gasteiger partial charge on any atom is -0.437 e. The van der Waals surface area contributed by atoms with Crippen LogP contribution in [0.2, 0.25) is 0 Å². The Bertz CT molecular complexity index is 803. The van der Waals surface area contributed by atoms with Crippen molar-refractivity contribution in [1.82, 2.24) is 9.97 Å². The van der Waals surface area contributed by atoms with Crippen molar-refractivity contribution in [3.8, 4) is 11.6 Å². The molecule has 0 unspecified atom stereocenters. The Kier molecular flexibility index (Phi) is 4.61. The number of para-hydroxylation sites is 1. The summed E-state index contributed by atoms with van der Waals surface area (Å²) in [6, 6.07) is 17.7. The summed E-state index contributed by atoms with van der Waals surface area (Å²) >= 11 is 0. The number of aryl methyl sites for hydroxylation is 1. The second-order valence-corrected chi connectivity index (χ2v) is 5.41. The molecule has 0 radical (unpaired) electrons. The molecule has 0 spiro atoms. The molecule has 0 aliphatic carbocycles. The number of ether oxygens (including phenoxy) is 1. The van der Waals surface area contributed by atoms with Crippen LogP contribution in [-0.2, 0) is 0 Å². The van der Waals surface area contributed by atoms with Gasteiger partial charge in [-0.05, 0) is 38.1 Å². The Morgan fingerprint density at radius 3 is 2.38 bits per heavy atom. The van der Waals surface area contributed by atoms with Gasteiger partial charge in [0.05, 0.1) is 0 Å². The van der Waals surface area contributed by atoms with E-state index in [2.05, 4.69) is 16.9 Å². The van der Waals surface area contributed by atoms with Crippen LogP contribution in [0.3, 0.4) is 0 Å². The summed E-state index contributed by atoms with van der Waals surface area (Å²) in [4.78, 5) is 10.6. The normalized spacial score (nSPS) is 10.4. The van der Waals surface area contributed by atoms with Gasteiger partial charge in [-0.15, -0.1) is 0 Å². The number of benzene rings is 2. The molecule has 0 saturated carbocycles. The Balaban J connectivity index is 1.94. The van der Waals surface area contributed by atoms with Gasteiger partial charge in [0, 0.05) is 12.2 Å². The molecular weight excluding hydrogens is 300 g/mol. The van der Waals surface area contributed by atoms with Gasteiger partial charge in [0.1, 0.15) is 17.8 Å². The lowest BCUT2D eigenvalue weighted by Gasteiger charge is -2.23. The summed E-state index contributed by atoms with van der Waals surface area (Å²) in [7, 11) is 0. The Labute approximate surface area is 141 Å². The van der Waals surface area contributed by atoms with Gasteiger partial charge in [0.2, 0.25) is 5.88 Å². The highest BCUT2D eigenvalue weighted by Gasteiger charge is 2.16. The summed E-state index contributed by atoms with van der Waals surface area (Å²) < 4.78 is 5.83. The highest BCUT2D eigenvalue weighted by Crippen LogP contribution is 2.34. The predicted molar refractivity (Wildman–Crippen MR) is 96.8 cm³/mol. The van der Waals surface area contributed by atoms with Crippen molar-refractivity contribution >= 4 is 17.2 Å². The molecule has 0 atom stereocenters. The molecule has 2 N–H and O–H groups in total. The quantitative estimate of drug-likeness (QED) is 0.758. The largest absolute Gasteiger partial charge is 0.437 e. The van der Waals surface area contributed by atoms with Crippen LogP contribution in [0, 0.1) is 6.92 Å². The smallest absolute Gasteiger partial charge is 0.248 e. The maximum Gasteiger partial charge on any atom is 0.248 e. The van der Waals surface area contributed by atoms with Gasteiger partial charge in [0.15, 0.2) is 5.82 Å². The first kappa shape index (κ1) is 15.8. The van der Waals surface area contributed by atoms with Gasteiger partial charge in [0.25, 0.3) is 0 Å². The maximum atomic E-state index is 6.28. The molecule has 0 bridgehead atoms. The van der Waals surface area contributed by atoms with E-state index in [9.17, 15) is 0 Å². The fraction of sp³-hybridized carbons (Fsp3) is 0.158. The van der Waals surface area contributed by atoms with Crippen molar-refractivity contribution in [3.63, 3.8) is 0 Å². The summed E-state index contributed by atoms with van der Waals surface area (Å²) in [5.41, 5.74) is 8.89. The van der Waals surface area contributed by atoms with Crippen LogP contribution in [0.4, 0.5) is 17.2 Å². The van der Waals surface area contributed by atoms with E-state index in [1.165, 1.54) is 11.9 Å². The average Bonchev–Trinajstić information content (AvgIpc) is 2.61. The second-order valence-electron chi connectivity index (χ2n) is 5.41. The molecule has 1 heterocycles. The van der Waals surface area contributed by atoms with Crippen LogP contribution in [0.25, 0.3) is 0 Å². The summed E-state index contributed by atoms with van der Waals surface area (Å²) in [5.74, 6) is 1.69. The third-order valence-corrected chi connectivity index (χ3v) is 3.70. The summed E-state index contributed by atoms with van der Waals surface area (Å²) in [6.07, 6.45) is 1.47. The number of hydrogen-bond donors (Lipinski definition) is 1. The van der Waals surface area contributed by atoms with Crippen molar-refractivity contribution in [3.05, 3.63) is 66.5 Å². The van der Waals surface area contributed by atoms with E-state index in [4.69, 9.17) is 10.5 Å². The van der Waals surface area contributed by atoms with Gasteiger partial charge in [-0.3, -0.25) is 0 Å². The molecule has 1 aromatic heterocycles. The van der Waals surface area contributed by atoms with E-state index in [0.717, 1.165) is 12.2 Å². The maximum absolute atomic E-state index is 6.28. The Morgan fingerprint density at radius 2 is 1.71 bits per heavy atom. The lowest BCUT2D eigenvalue weighted by molar-refractivity contribution is 0.464. The first-order valence-corrected chi connectivity index (χ1v) is 7.86. The van der Waals surface area contributed by atoms with E-state index >= 15 is 0 Å². The summed E-state index contributed by atoms with van der Waals surface area (Å²) in [6.45, 7) is 4.81. The van der Waals surface area contributed by atoms with Gasteiger partial charge in [-0.25, -0.2) is 4.98 Å². The minimum atomic E-state index is 0.359. The van der Waals surface area contributed by atoms with Crippen LogP contribution < -0.4 is 15.4 Å². The molecule has 0 aliphatic heterocycles. The molecule has 0 aliphatic rings. The van der Waals surface area contributed by atoms with Crippen LogP contribution in [0.15, 0.2) is 60.9 Å². The van der Waals surface area contributed by atoms with Gasteiger partial charge >= 0.3 is 0 Å². The van der Waals surface area contributed by atoms with E-state index in [0.29, 0.717) is 23.1 Å². The minimum absolute atomic E-state index is 0.359. The average molecular weight is 320 g/mol. The highest BCUT2D eigenvalue weighted by atomic mass is 16.5. The number of nitrogens with two attached hydrogens (primary N) is 1. The molecule has 3 aromatic rings. The fourth-order valence-electron chi connectivity index (χ4n) is 2.45. The van der Waals surface area contributed by atoms with Gasteiger partial charge in [-0.1, -0.05) is 35.9 Å². The standard InChI is InChI=1S/C19H20N4O/c1-3-23(15-7-5-4-6-8-15)18-17(20)19(22-13-21-18)24-16-11-9-14(2)10-12-16/h4-13H,3,20H2,1-2H3. The third-order valence-electron chi connectivity index (χ3n) is 3.70. The molecule has 0 saturated heterocycles. The summed E-state index contributed by atoms with van der Waals surface area (Å²) in [5, 5.41) is 0.